The molecular formula is C25H22N4O2. The van der Waals surface area contributed by atoms with E-state index in [-0.39, 0.29) is 5.91 Å². The molecule has 2 N–H and O–H groups in total. The van der Waals surface area contributed by atoms with Gasteiger partial charge in [-0.15, -0.1) is 0 Å². The molecule has 0 radical (unpaired) electrons. The van der Waals surface area contributed by atoms with Crippen molar-refractivity contribution < 1.29 is 9.53 Å². The second kappa shape index (κ2) is 7.65. The molecule has 0 saturated carbocycles. The summed E-state index contributed by atoms with van der Waals surface area (Å²) in [4.78, 5) is 18.3. The SMILES string of the molecule is COc1ccccc1[C@H]1C(C(=O)Nc2ccccc2)=C(C)Nc2nc3ccccc3n21. The summed E-state index contributed by atoms with van der Waals surface area (Å²) in [5.41, 5.74) is 4.82. The molecule has 2 heterocycles. The molecule has 1 aliphatic rings. The number of aromatic nitrogens is 2. The van der Waals surface area contributed by atoms with Crippen molar-refractivity contribution in [3.05, 3.63) is 95.7 Å². The number of ether oxygens (including phenoxy) is 1. The molecular weight excluding hydrogens is 388 g/mol. The third-order valence-corrected chi connectivity index (χ3v) is 5.54. The molecule has 6 nitrogen and oxygen atoms in total. The van der Waals surface area contributed by atoms with E-state index in [2.05, 4.69) is 15.2 Å². The lowest BCUT2D eigenvalue weighted by Gasteiger charge is -2.31. The van der Waals surface area contributed by atoms with E-state index in [1.165, 1.54) is 0 Å². The molecule has 1 atom stereocenters. The Balaban J connectivity index is 1.71. The standard InChI is InChI=1S/C25H22N4O2/c1-16-22(24(30)27-17-10-4-3-5-11-17)23(18-12-6-9-15-21(18)31-2)29-20-14-8-7-13-19(20)28-25(29)26-16/h3-15,23H,1-2H3,(H,26,28)(H,27,30)/t23-/m0/s1. The van der Waals surface area contributed by atoms with Gasteiger partial charge in [-0.25, -0.2) is 4.98 Å². The summed E-state index contributed by atoms with van der Waals surface area (Å²) in [6, 6.07) is 24.8. The minimum atomic E-state index is -0.400. The molecule has 1 aliphatic heterocycles. The predicted molar refractivity (Wildman–Crippen MR) is 122 cm³/mol. The van der Waals surface area contributed by atoms with Crippen molar-refractivity contribution in [2.24, 2.45) is 0 Å². The van der Waals surface area contributed by atoms with Crippen LogP contribution in [0.4, 0.5) is 11.6 Å². The highest BCUT2D eigenvalue weighted by Gasteiger charge is 2.35. The Morgan fingerprint density at radius 2 is 1.71 bits per heavy atom. The van der Waals surface area contributed by atoms with E-state index in [0.717, 1.165) is 33.7 Å². The van der Waals surface area contributed by atoms with Crippen molar-refractivity contribution in [2.75, 3.05) is 17.7 Å². The summed E-state index contributed by atoms with van der Waals surface area (Å²) >= 11 is 0. The van der Waals surface area contributed by atoms with Gasteiger partial charge < -0.3 is 15.4 Å². The van der Waals surface area contributed by atoms with Gasteiger partial charge in [0.2, 0.25) is 5.95 Å². The zero-order valence-electron chi connectivity index (χ0n) is 17.3. The maximum Gasteiger partial charge on any atom is 0.255 e. The predicted octanol–water partition coefficient (Wildman–Crippen LogP) is 4.97. The highest BCUT2D eigenvalue weighted by Crippen LogP contribution is 2.42. The van der Waals surface area contributed by atoms with E-state index in [9.17, 15) is 4.79 Å². The average molecular weight is 410 g/mol. The number of benzene rings is 3. The molecule has 31 heavy (non-hydrogen) atoms. The highest BCUT2D eigenvalue weighted by atomic mass is 16.5. The summed E-state index contributed by atoms with van der Waals surface area (Å²) in [6.45, 7) is 1.91. The van der Waals surface area contributed by atoms with Crippen LogP contribution in [0.25, 0.3) is 11.0 Å². The lowest BCUT2D eigenvalue weighted by molar-refractivity contribution is -0.113. The van der Waals surface area contributed by atoms with E-state index in [0.29, 0.717) is 11.5 Å². The summed E-state index contributed by atoms with van der Waals surface area (Å²) < 4.78 is 7.74. The smallest absolute Gasteiger partial charge is 0.255 e. The van der Waals surface area contributed by atoms with Gasteiger partial charge in [-0.1, -0.05) is 48.5 Å². The number of nitrogens with one attached hydrogen (secondary N) is 2. The van der Waals surface area contributed by atoms with Gasteiger partial charge in [0.15, 0.2) is 0 Å². The molecule has 0 spiro atoms. The van der Waals surface area contributed by atoms with Crippen LogP contribution >= 0.6 is 0 Å². The van der Waals surface area contributed by atoms with Crippen LogP contribution < -0.4 is 15.4 Å². The molecule has 154 valence electrons. The highest BCUT2D eigenvalue weighted by molar-refractivity contribution is 6.06. The number of rotatable bonds is 4. The summed E-state index contributed by atoms with van der Waals surface area (Å²) in [6.07, 6.45) is 0. The number of nitrogens with zero attached hydrogens (tertiary/aromatic N) is 2. The van der Waals surface area contributed by atoms with Crippen LogP contribution in [-0.2, 0) is 4.79 Å². The van der Waals surface area contributed by atoms with Crippen molar-refractivity contribution in [3.63, 3.8) is 0 Å². The molecule has 0 aliphatic carbocycles. The monoisotopic (exact) mass is 410 g/mol. The largest absolute Gasteiger partial charge is 0.496 e. The molecule has 1 amide bonds. The van der Waals surface area contributed by atoms with Crippen molar-refractivity contribution in [1.29, 1.82) is 0 Å². The first kappa shape index (κ1) is 18.9. The molecule has 0 saturated heterocycles. The Morgan fingerprint density at radius 1 is 1.00 bits per heavy atom. The van der Waals surface area contributed by atoms with E-state index >= 15 is 0 Å². The molecule has 3 aromatic carbocycles. The molecule has 0 fully saturated rings. The van der Waals surface area contributed by atoms with E-state index in [1.54, 1.807) is 7.11 Å². The van der Waals surface area contributed by atoms with Gasteiger partial charge >= 0.3 is 0 Å². The number of hydrogen-bond donors (Lipinski definition) is 2. The molecule has 0 bridgehead atoms. The maximum atomic E-state index is 13.5. The van der Waals surface area contributed by atoms with Crippen LogP contribution in [0, 0.1) is 0 Å². The lowest BCUT2D eigenvalue weighted by Crippen LogP contribution is -2.31. The van der Waals surface area contributed by atoms with Gasteiger partial charge in [-0.3, -0.25) is 9.36 Å². The van der Waals surface area contributed by atoms with Gasteiger partial charge in [0.1, 0.15) is 5.75 Å². The van der Waals surface area contributed by atoms with Crippen molar-refractivity contribution in [1.82, 2.24) is 9.55 Å². The summed E-state index contributed by atoms with van der Waals surface area (Å²) in [5.74, 6) is 1.25. The van der Waals surface area contributed by atoms with Gasteiger partial charge in [-0.05, 0) is 37.3 Å². The second-order valence-corrected chi connectivity index (χ2v) is 7.42. The fourth-order valence-electron chi connectivity index (χ4n) is 4.16. The fourth-order valence-corrected chi connectivity index (χ4v) is 4.16. The Bertz CT molecular complexity index is 1310. The third-order valence-electron chi connectivity index (χ3n) is 5.54. The number of carbonyl (C=O) groups excluding carboxylic acids is 1. The van der Waals surface area contributed by atoms with E-state index < -0.39 is 6.04 Å². The molecule has 4 aromatic rings. The minimum absolute atomic E-state index is 0.171. The average Bonchev–Trinajstić information content (AvgIpc) is 3.16. The zero-order valence-corrected chi connectivity index (χ0v) is 17.3. The normalized spacial score (nSPS) is 15.4. The van der Waals surface area contributed by atoms with Crippen LogP contribution in [-0.4, -0.2) is 22.6 Å². The van der Waals surface area contributed by atoms with Crippen LogP contribution in [0.1, 0.15) is 18.5 Å². The van der Waals surface area contributed by atoms with Crippen LogP contribution in [0.2, 0.25) is 0 Å². The molecule has 0 unspecified atom stereocenters. The number of amides is 1. The van der Waals surface area contributed by atoms with Gasteiger partial charge in [-0.2, -0.15) is 0 Å². The Hall–Kier alpha value is -4.06. The molecule has 1 aromatic heterocycles. The van der Waals surface area contributed by atoms with Gasteiger partial charge in [0.05, 0.1) is 29.8 Å². The van der Waals surface area contributed by atoms with E-state index in [4.69, 9.17) is 9.72 Å². The van der Waals surface area contributed by atoms with Crippen LogP contribution in [0.15, 0.2) is 90.1 Å². The molecule has 5 rings (SSSR count). The van der Waals surface area contributed by atoms with Crippen molar-refractivity contribution in [2.45, 2.75) is 13.0 Å². The van der Waals surface area contributed by atoms with Crippen LogP contribution in [0.5, 0.6) is 5.75 Å². The van der Waals surface area contributed by atoms with Crippen molar-refractivity contribution in [3.8, 4) is 5.75 Å². The van der Waals surface area contributed by atoms with Gasteiger partial charge in [0, 0.05) is 16.9 Å². The first-order chi connectivity index (χ1) is 15.2. The topological polar surface area (TPSA) is 68.2 Å². The Labute approximate surface area is 180 Å². The Morgan fingerprint density at radius 3 is 2.52 bits per heavy atom. The van der Waals surface area contributed by atoms with Gasteiger partial charge in [0.25, 0.3) is 5.91 Å². The summed E-state index contributed by atoms with van der Waals surface area (Å²) in [7, 11) is 1.65. The first-order valence-electron chi connectivity index (χ1n) is 10.1. The lowest BCUT2D eigenvalue weighted by atomic mass is 9.93. The second-order valence-electron chi connectivity index (χ2n) is 7.42. The summed E-state index contributed by atoms with van der Waals surface area (Å²) in [5, 5.41) is 6.37. The number of carbonyl (C=O) groups is 1. The fraction of sp³-hybridized carbons (Fsp3) is 0.120. The first-order valence-corrected chi connectivity index (χ1v) is 10.1. The maximum absolute atomic E-state index is 13.5. The number of hydrogen-bond acceptors (Lipinski definition) is 4. The van der Waals surface area contributed by atoms with Crippen molar-refractivity contribution >= 4 is 28.6 Å². The zero-order chi connectivity index (χ0) is 21.4. The number of allylic oxidation sites excluding steroid dienone is 1. The van der Waals surface area contributed by atoms with Crippen LogP contribution in [0.3, 0.4) is 0 Å². The molecule has 6 heteroatoms. The number of fused-ring (bicyclic) bond motifs is 3. The Kier molecular flexibility index (Phi) is 4.67. The number of para-hydroxylation sites is 4. The number of imidazole rings is 1. The number of anilines is 2. The quantitative estimate of drug-likeness (QED) is 0.498. The number of methoxy groups -OCH3 is 1. The van der Waals surface area contributed by atoms with E-state index in [1.807, 2.05) is 85.8 Å². The minimum Gasteiger partial charge on any atom is -0.496 e. The third kappa shape index (κ3) is 3.22.